The summed E-state index contributed by atoms with van der Waals surface area (Å²) < 4.78 is 10.4. The van der Waals surface area contributed by atoms with Crippen LogP contribution in [0.3, 0.4) is 0 Å². The van der Waals surface area contributed by atoms with Gasteiger partial charge in [-0.2, -0.15) is 5.26 Å². The molecular formula is C19H20N2O4. The highest BCUT2D eigenvalue weighted by Gasteiger charge is 2.16. The van der Waals surface area contributed by atoms with E-state index in [1.165, 1.54) is 14.2 Å². The molecule has 2 aromatic rings. The van der Waals surface area contributed by atoms with Gasteiger partial charge in [0.2, 0.25) is 0 Å². The Hall–Kier alpha value is -3.04. The van der Waals surface area contributed by atoms with Crippen molar-refractivity contribution in [2.45, 2.75) is 12.5 Å². The monoisotopic (exact) mass is 340 g/mol. The van der Waals surface area contributed by atoms with Gasteiger partial charge >= 0.3 is 0 Å². The van der Waals surface area contributed by atoms with Crippen molar-refractivity contribution in [1.82, 2.24) is 5.32 Å². The quantitative estimate of drug-likeness (QED) is 0.806. The minimum atomic E-state index is -0.948. The highest BCUT2D eigenvalue weighted by molar-refractivity contribution is 5.94. The van der Waals surface area contributed by atoms with Gasteiger partial charge in [-0.15, -0.1) is 0 Å². The molecule has 25 heavy (non-hydrogen) atoms. The number of hydrogen-bond acceptors (Lipinski definition) is 5. The molecule has 0 radical (unpaired) electrons. The highest BCUT2D eigenvalue weighted by Crippen LogP contribution is 2.29. The summed E-state index contributed by atoms with van der Waals surface area (Å²) in [6.07, 6.45) is -0.707. The number of carbonyl (C=O) groups is 1. The summed E-state index contributed by atoms with van der Waals surface area (Å²) in [5, 5.41) is 21.8. The molecule has 0 saturated heterocycles. The van der Waals surface area contributed by atoms with Crippen molar-refractivity contribution in [3.8, 4) is 17.6 Å². The highest BCUT2D eigenvalue weighted by atomic mass is 16.5. The van der Waals surface area contributed by atoms with Gasteiger partial charge in [-0.1, -0.05) is 12.1 Å². The zero-order valence-electron chi connectivity index (χ0n) is 14.2. The van der Waals surface area contributed by atoms with E-state index in [2.05, 4.69) is 5.32 Å². The number of aliphatic hydroxyl groups excluding tert-OH is 1. The van der Waals surface area contributed by atoms with E-state index in [0.717, 1.165) is 5.56 Å². The van der Waals surface area contributed by atoms with Crippen LogP contribution in [0, 0.1) is 11.3 Å². The number of amides is 1. The van der Waals surface area contributed by atoms with Gasteiger partial charge in [0.1, 0.15) is 17.6 Å². The topological polar surface area (TPSA) is 91.6 Å². The predicted octanol–water partition coefficient (Wildman–Crippen LogP) is 2.23. The second-order valence-electron chi connectivity index (χ2n) is 5.37. The first-order valence-electron chi connectivity index (χ1n) is 7.73. The van der Waals surface area contributed by atoms with Crippen LogP contribution in [-0.2, 0) is 6.42 Å². The smallest absolute Gasteiger partial charge is 0.251 e. The molecule has 0 saturated carbocycles. The van der Waals surface area contributed by atoms with Crippen LogP contribution in [0.25, 0.3) is 0 Å². The second kappa shape index (κ2) is 8.71. The van der Waals surface area contributed by atoms with E-state index in [9.17, 15) is 9.90 Å². The largest absolute Gasteiger partial charge is 0.497 e. The van der Waals surface area contributed by atoms with E-state index >= 15 is 0 Å². The van der Waals surface area contributed by atoms with Crippen LogP contribution in [0.15, 0.2) is 42.5 Å². The number of nitrogens with one attached hydrogen (secondary N) is 1. The minimum absolute atomic E-state index is 0.0187. The van der Waals surface area contributed by atoms with Gasteiger partial charge in [0.15, 0.2) is 0 Å². The molecule has 2 rings (SSSR count). The Balaban J connectivity index is 2.07. The number of nitriles is 1. The average molecular weight is 340 g/mol. The van der Waals surface area contributed by atoms with Gasteiger partial charge in [0, 0.05) is 17.7 Å². The fraction of sp³-hybridized carbons (Fsp3) is 0.263. The molecule has 1 amide bonds. The van der Waals surface area contributed by atoms with Crippen LogP contribution >= 0.6 is 0 Å². The third-order valence-corrected chi connectivity index (χ3v) is 3.72. The molecule has 1 unspecified atom stereocenters. The molecule has 2 aromatic carbocycles. The predicted molar refractivity (Wildman–Crippen MR) is 92.6 cm³/mol. The number of nitrogens with zero attached hydrogens (tertiary/aromatic N) is 1. The molecule has 0 aromatic heterocycles. The molecule has 130 valence electrons. The van der Waals surface area contributed by atoms with E-state index in [4.69, 9.17) is 14.7 Å². The van der Waals surface area contributed by atoms with Crippen molar-refractivity contribution in [2.75, 3.05) is 20.8 Å². The van der Waals surface area contributed by atoms with Crippen LogP contribution in [0.1, 0.15) is 27.6 Å². The minimum Gasteiger partial charge on any atom is -0.497 e. The fourth-order valence-corrected chi connectivity index (χ4v) is 2.42. The van der Waals surface area contributed by atoms with Gasteiger partial charge in [0.25, 0.3) is 5.91 Å². The fourth-order valence-electron chi connectivity index (χ4n) is 2.42. The van der Waals surface area contributed by atoms with E-state index in [1.807, 2.05) is 6.07 Å². The van der Waals surface area contributed by atoms with E-state index in [0.29, 0.717) is 22.6 Å². The first-order valence-corrected chi connectivity index (χ1v) is 7.73. The maximum atomic E-state index is 12.3. The standard InChI is InChI=1S/C19H20N2O4/c1-24-15-6-7-18(25-2)16(11-15)17(22)12-21-19(23)14-5-3-4-13(10-14)8-9-20/h3-7,10-11,17,22H,8,12H2,1-2H3,(H,21,23). The third kappa shape index (κ3) is 4.72. The molecule has 0 bridgehead atoms. The van der Waals surface area contributed by atoms with Gasteiger partial charge in [-0.3, -0.25) is 4.79 Å². The Morgan fingerprint density at radius 3 is 2.72 bits per heavy atom. The Bertz CT molecular complexity index is 783. The van der Waals surface area contributed by atoms with Gasteiger partial charge in [0.05, 0.1) is 26.7 Å². The third-order valence-electron chi connectivity index (χ3n) is 3.72. The summed E-state index contributed by atoms with van der Waals surface area (Å²) in [5.41, 5.74) is 1.74. The molecule has 0 aliphatic rings. The Kier molecular flexibility index (Phi) is 6.38. The molecule has 0 spiro atoms. The average Bonchev–Trinajstić information content (AvgIpc) is 2.65. The molecular weight excluding hydrogens is 320 g/mol. The van der Waals surface area contributed by atoms with Crippen molar-refractivity contribution in [1.29, 1.82) is 5.26 Å². The number of ether oxygens (including phenoxy) is 2. The Labute approximate surface area is 146 Å². The number of benzene rings is 2. The number of carbonyl (C=O) groups excluding carboxylic acids is 1. The zero-order chi connectivity index (χ0) is 18.2. The molecule has 2 N–H and O–H groups in total. The van der Waals surface area contributed by atoms with Crippen LogP contribution in [0.4, 0.5) is 0 Å². The van der Waals surface area contributed by atoms with Crippen molar-refractivity contribution < 1.29 is 19.4 Å². The number of methoxy groups -OCH3 is 2. The van der Waals surface area contributed by atoms with Crippen molar-refractivity contribution in [2.24, 2.45) is 0 Å². The van der Waals surface area contributed by atoms with Crippen molar-refractivity contribution >= 4 is 5.91 Å². The number of aliphatic hydroxyl groups is 1. The summed E-state index contributed by atoms with van der Waals surface area (Å²) in [6.45, 7) is 0.0187. The molecule has 6 heteroatoms. The number of hydrogen-bond donors (Lipinski definition) is 2. The molecule has 0 aliphatic carbocycles. The van der Waals surface area contributed by atoms with Crippen molar-refractivity contribution in [3.05, 3.63) is 59.2 Å². The van der Waals surface area contributed by atoms with Crippen LogP contribution in [0.5, 0.6) is 11.5 Å². The lowest BCUT2D eigenvalue weighted by atomic mass is 10.1. The van der Waals surface area contributed by atoms with Gasteiger partial charge in [-0.05, 0) is 35.9 Å². The van der Waals surface area contributed by atoms with Crippen LogP contribution in [-0.4, -0.2) is 31.8 Å². The maximum Gasteiger partial charge on any atom is 0.251 e. The SMILES string of the molecule is COc1ccc(OC)c(C(O)CNC(=O)c2cccc(CC#N)c2)c1. The first-order chi connectivity index (χ1) is 12.1. The molecule has 0 aliphatic heterocycles. The van der Waals surface area contributed by atoms with E-state index in [-0.39, 0.29) is 18.9 Å². The lowest BCUT2D eigenvalue weighted by Gasteiger charge is -2.16. The van der Waals surface area contributed by atoms with E-state index in [1.54, 1.807) is 42.5 Å². The van der Waals surface area contributed by atoms with Crippen molar-refractivity contribution in [3.63, 3.8) is 0 Å². The van der Waals surface area contributed by atoms with Gasteiger partial charge in [-0.25, -0.2) is 0 Å². The second-order valence-corrected chi connectivity index (χ2v) is 5.37. The summed E-state index contributed by atoms with van der Waals surface area (Å²) in [6, 6.07) is 14.0. The van der Waals surface area contributed by atoms with Crippen LogP contribution in [0.2, 0.25) is 0 Å². The maximum absolute atomic E-state index is 12.3. The molecule has 0 heterocycles. The lowest BCUT2D eigenvalue weighted by Crippen LogP contribution is -2.28. The molecule has 0 fully saturated rings. The first kappa shape index (κ1) is 18.3. The van der Waals surface area contributed by atoms with Crippen LogP contribution < -0.4 is 14.8 Å². The summed E-state index contributed by atoms with van der Waals surface area (Å²) in [7, 11) is 3.05. The molecule has 6 nitrogen and oxygen atoms in total. The molecule has 1 atom stereocenters. The van der Waals surface area contributed by atoms with E-state index < -0.39 is 6.10 Å². The summed E-state index contributed by atoms with van der Waals surface area (Å²) >= 11 is 0. The summed E-state index contributed by atoms with van der Waals surface area (Å²) in [4.78, 5) is 12.3. The Morgan fingerprint density at radius 1 is 1.24 bits per heavy atom. The number of rotatable bonds is 7. The zero-order valence-corrected chi connectivity index (χ0v) is 14.2. The van der Waals surface area contributed by atoms with Gasteiger partial charge < -0.3 is 19.9 Å². The Morgan fingerprint density at radius 2 is 2.04 bits per heavy atom. The lowest BCUT2D eigenvalue weighted by molar-refractivity contribution is 0.0914. The normalized spacial score (nSPS) is 11.3. The summed E-state index contributed by atoms with van der Waals surface area (Å²) in [5.74, 6) is 0.782.